The van der Waals surface area contributed by atoms with Crippen LogP contribution in [0.2, 0.25) is 0 Å². The zero-order valence-electron chi connectivity index (χ0n) is 17.1. The van der Waals surface area contributed by atoms with Crippen LogP contribution < -0.4 is 10.2 Å². The third kappa shape index (κ3) is 4.37. The number of thioether (sulfide) groups is 1. The number of nitrogens with one attached hydrogen (secondary N) is 1. The number of carbonyl (C=O) groups excluding carboxylic acids is 1. The Hall–Kier alpha value is -2.60. The summed E-state index contributed by atoms with van der Waals surface area (Å²) in [6.45, 7) is 7.85. The Kier molecular flexibility index (Phi) is 5.46. The topological polar surface area (TPSA) is 57.1 Å². The second kappa shape index (κ2) is 8.03. The molecule has 4 rings (SSSR count). The van der Waals surface area contributed by atoms with Crippen LogP contribution in [0.3, 0.4) is 0 Å². The van der Waals surface area contributed by atoms with Crippen molar-refractivity contribution in [2.75, 3.05) is 10.7 Å². The van der Waals surface area contributed by atoms with Gasteiger partial charge in [-0.25, -0.2) is 0 Å². The number of carbonyl (C=O) groups is 1. The first-order valence-corrected chi connectivity index (χ1v) is 10.9. The van der Waals surface area contributed by atoms with Crippen LogP contribution in [0.25, 0.3) is 0 Å². The van der Waals surface area contributed by atoms with Gasteiger partial charge in [0.1, 0.15) is 0 Å². The standard InChI is InChI=1S/C23H26N4OS/c1-16-12-23(2,3)27(14-17-7-5-4-6-8-17)20-10-9-18(11-19(16)20)13-24-26-22-25-21(28)15-29-22/h4-11,13,16H,12,14-15H2,1-3H3,(H,25,26,28). The van der Waals surface area contributed by atoms with Gasteiger partial charge in [0.05, 0.1) is 12.0 Å². The van der Waals surface area contributed by atoms with E-state index in [4.69, 9.17) is 0 Å². The van der Waals surface area contributed by atoms with E-state index in [0.717, 1.165) is 18.5 Å². The van der Waals surface area contributed by atoms with Crippen LogP contribution in [0.1, 0.15) is 49.8 Å². The fourth-order valence-electron chi connectivity index (χ4n) is 4.18. The van der Waals surface area contributed by atoms with E-state index in [9.17, 15) is 4.79 Å². The zero-order chi connectivity index (χ0) is 20.4. The molecule has 1 amide bonds. The summed E-state index contributed by atoms with van der Waals surface area (Å²) >= 11 is 1.38. The van der Waals surface area contributed by atoms with Crippen LogP contribution in [0.15, 0.2) is 58.7 Å². The Morgan fingerprint density at radius 3 is 2.76 bits per heavy atom. The quantitative estimate of drug-likeness (QED) is 0.599. The van der Waals surface area contributed by atoms with E-state index < -0.39 is 0 Å². The van der Waals surface area contributed by atoms with Crippen molar-refractivity contribution >= 4 is 34.7 Å². The molecule has 29 heavy (non-hydrogen) atoms. The number of nitrogens with zero attached hydrogens (tertiary/aromatic N) is 3. The predicted molar refractivity (Wildman–Crippen MR) is 122 cm³/mol. The van der Waals surface area contributed by atoms with E-state index in [1.165, 1.54) is 28.6 Å². The molecular weight excluding hydrogens is 380 g/mol. The van der Waals surface area contributed by atoms with E-state index in [2.05, 4.69) is 89.7 Å². The van der Waals surface area contributed by atoms with Gasteiger partial charge in [-0.05, 0) is 55.0 Å². The SMILES string of the molecule is CC1CC(C)(C)N(Cc2ccccc2)c2ccc(C=NN=C3NC(=O)CS3)cc21. The third-order valence-electron chi connectivity index (χ3n) is 5.53. The zero-order valence-corrected chi connectivity index (χ0v) is 17.9. The van der Waals surface area contributed by atoms with Gasteiger partial charge in [-0.3, -0.25) is 4.79 Å². The van der Waals surface area contributed by atoms with E-state index in [-0.39, 0.29) is 11.4 Å². The molecule has 2 aromatic rings. The average molecular weight is 407 g/mol. The molecule has 2 aromatic carbocycles. The molecule has 2 aliphatic rings. The summed E-state index contributed by atoms with van der Waals surface area (Å²) in [6, 6.07) is 17.2. The molecule has 0 aromatic heterocycles. The molecule has 1 saturated heterocycles. The second-order valence-electron chi connectivity index (χ2n) is 8.29. The van der Waals surface area contributed by atoms with E-state index in [0.29, 0.717) is 16.8 Å². The smallest absolute Gasteiger partial charge is 0.236 e. The van der Waals surface area contributed by atoms with Gasteiger partial charge in [-0.2, -0.15) is 5.10 Å². The van der Waals surface area contributed by atoms with Crippen molar-refractivity contribution in [1.82, 2.24) is 5.32 Å². The number of hydrogen-bond acceptors (Lipinski definition) is 5. The van der Waals surface area contributed by atoms with Crippen LogP contribution in [-0.2, 0) is 11.3 Å². The maximum atomic E-state index is 11.2. The molecule has 1 atom stereocenters. The van der Waals surface area contributed by atoms with E-state index >= 15 is 0 Å². The minimum absolute atomic E-state index is 0.0207. The molecule has 0 aliphatic carbocycles. The number of hydrogen-bond donors (Lipinski definition) is 1. The van der Waals surface area contributed by atoms with Crippen LogP contribution >= 0.6 is 11.8 Å². The van der Waals surface area contributed by atoms with Crippen LogP contribution in [0.5, 0.6) is 0 Å². The normalized spacial score (nSPS) is 22.2. The first-order valence-electron chi connectivity index (χ1n) is 9.91. The molecule has 0 radical (unpaired) electrons. The van der Waals surface area contributed by atoms with Gasteiger partial charge in [-0.15, -0.1) is 5.10 Å². The number of benzene rings is 2. The van der Waals surface area contributed by atoms with Crippen molar-refractivity contribution < 1.29 is 4.79 Å². The fraction of sp³-hybridized carbons (Fsp3) is 0.348. The molecule has 0 bridgehead atoms. The Balaban J connectivity index is 1.60. The summed E-state index contributed by atoms with van der Waals surface area (Å²) in [4.78, 5) is 13.7. The maximum absolute atomic E-state index is 11.2. The average Bonchev–Trinajstić information content (AvgIpc) is 3.11. The number of amidine groups is 1. The summed E-state index contributed by atoms with van der Waals surface area (Å²) in [6.07, 6.45) is 2.85. The second-order valence-corrected chi connectivity index (χ2v) is 9.26. The van der Waals surface area contributed by atoms with Gasteiger partial charge >= 0.3 is 0 Å². The van der Waals surface area contributed by atoms with Crippen molar-refractivity contribution in [3.63, 3.8) is 0 Å². The predicted octanol–water partition coefficient (Wildman–Crippen LogP) is 4.53. The summed E-state index contributed by atoms with van der Waals surface area (Å²) in [5.74, 6) is 0.863. The van der Waals surface area contributed by atoms with Gasteiger partial charge in [0.25, 0.3) is 0 Å². The largest absolute Gasteiger partial charge is 0.362 e. The molecule has 1 fully saturated rings. The maximum Gasteiger partial charge on any atom is 0.236 e. The van der Waals surface area contributed by atoms with Gasteiger partial charge in [0.2, 0.25) is 5.91 Å². The Morgan fingerprint density at radius 2 is 2.03 bits per heavy atom. The molecular formula is C23H26N4OS. The molecule has 5 nitrogen and oxygen atoms in total. The summed E-state index contributed by atoms with van der Waals surface area (Å²) in [5.41, 5.74) is 5.06. The lowest BCUT2D eigenvalue weighted by Crippen LogP contribution is -2.47. The Labute approximate surface area is 176 Å². The van der Waals surface area contributed by atoms with E-state index in [1.807, 2.05) is 0 Å². The summed E-state index contributed by atoms with van der Waals surface area (Å²) < 4.78 is 0. The lowest BCUT2D eigenvalue weighted by molar-refractivity contribution is -0.116. The highest BCUT2D eigenvalue weighted by Gasteiger charge is 2.36. The van der Waals surface area contributed by atoms with Crippen molar-refractivity contribution in [3.8, 4) is 0 Å². The molecule has 2 heterocycles. The molecule has 0 saturated carbocycles. The van der Waals surface area contributed by atoms with Crippen molar-refractivity contribution in [2.45, 2.75) is 45.2 Å². The minimum atomic E-state index is -0.0207. The van der Waals surface area contributed by atoms with Crippen molar-refractivity contribution in [1.29, 1.82) is 0 Å². The van der Waals surface area contributed by atoms with Gasteiger partial charge < -0.3 is 10.2 Å². The van der Waals surface area contributed by atoms with E-state index in [1.54, 1.807) is 6.21 Å². The number of amides is 1. The fourth-order valence-corrected chi connectivity index (χ4v) is 4.81. The highest BCUT2D eigenvalue weighted by Crippen LogP contribution is 2.44. The number of fused-ring (bicyclic) bond motifs is 1. The Morgan fingerprint density at radius 1 is 1.24 bits per heavy atom. The van der Waals surface area contributed by atoms with Crippen molar-refractivity contribution in [3.05, 3.63) is 65.2 Å². The number of rotatable bonds is 4. The summed E-state index contributed by atoms with van der Waals surface area (Å²) in [7, 11) is 0. The van der Waals surface area contributed by atoms with Crippen LogP contribution in [0, 0.1) is 0 Å². The number of anilines is 1. The molecule has 6 heteroatoms. The van der Waals surface area contributed by atoms with Gasteiger partial charge in [-0.1, -0.05) is 55.1 Å². The molecule has 2 aliphatic heterocycles. The van der Waals surface area contributed by atoms with Gasteiger partial charge in [0.15, 0.2) is 5.17 Å². The lowest BCUT2D eigenvalue weighted by atomic mass is 9.79. The summed E-state index contributed by atoms with van der Waals surface area (Å²) in [5, 5.41) is 11.5. The highest BCUT2D eigenvalue weighted by atomic mass is 32.2. The molecule has 1 unspecified atom stereocenters. The monoisotopic (exact) mass is 406 g/mol. The van der Waals surface area contributed by atoms with Crippen molar-refractivity contribution in [2.24, 2.45) is 10.2 Å². The third-order valence-corrected chi connectivity index (χ3v) is 6.40. The first kappa shape index (κ1) is 19.7. The molecule has 1 N–H and O–H groups in total. The minimum Gasteiger partial charge on any atom is -0.362 e. The van der Waals surface area contributed by atoms with Crippen LogP contribution in [0.4, 0.5) is 5.69 Å². The lowest BCUT2D eigenvalue weighted by Gasteiger charge is -2.47. The highest BCUT2D eigenvalue weighted by molar-refractivity contribution is 8.15. The first-order chi connectivity index (χ1) is 13.9. The molecule has 150 valence electrons. The Bertz CT molecular complexity index is 968. The van der Waals surface area contributed by atoms with Crippen LogP contribution in [-0.4, -0.2) is 28.6 Å². The van der Waals surface area contributed by atoms with Gasteiger partial charge in [0, 0.05) is 17.8 Å². The molecule has 0 spiro atoms.